The molecule has 0 spiro atoms. The lowest BCUT2D eigenvalue weighted by atomic mass is 10.1. The van der Waals surface area contributed by atoms with Crippen LogP contribution in [0.1, 0.15) is 36.2 Å². The van der Waals surface area contributed by atoms with Gasteiger partial charge in [0.2, 0.25) is 5.91 Å². The van der Waals surface area contributed by atoms with Crippen LogP contribution in [-0.2, 0) is 11.2 Å². The summed E-state index contributed by atoms with van der Waals surface area (Å²) < 4.78 is 0. The molecule has 0 radical (unpaired) electrons. The Bertz CT molecular complexity index is 776. The minimum absolute atomic E-state index is 0.0156. The Morgan fingerprint density at radius 1 is 0.889 bits per heavy atom. The standard InChI is InChI=1S/C22H27N3O2/c1-3-17-5-7-18(8-6-17)22(27)25-15-13-24(14-16-25)20-11-9-19(10-12-20)23-21(26)4-2/h5-12H,3-4,13-16H2,1-2H3,(H,23,26). The van der Waals surface area contributed by atoms with Crippen molar-refractivity contribution in [1.82, 2.24) is 4.90 Å². The average Bonchev–Trinajstić information content (AvgIpc) is 2.74. The van der Waals surface area contributed by atoms with Gasteiger partial charge >= 0.3 is 0 Å². The van der Waals surface area contributed by atoms with Gasteiger partial charge in [-0.05, 0) is 48.4 Å². The first kappa shape index (κ1) is 19.0. The van der Waals surface area contributed by atoms with Crippen molar-refractivity contribution in [3.05, 3.63) is 59.7 Å². The van der Waals surface area contributed by atoms with E-state index in [1.165, 1.54) is 5.56 Å². The molecule has 0 saturated carbocycles. The summed E-state index contributed by atoms with van der Waals surface area (Å²) in [6, 6.07) is 15.8. The van der Waals surface area contributed by atoms with Gasteiger partial charge in [-0.25, -0.2) is 0 Å². The third-order valence-electron chi connectivity index (χ3n) is 5.01. The molecule has 5 nitrogen and oxygen atoms in total. The van der Waals surface area contributed by atoms with Crippen LogP contribution in [0, 0.1) is 0 Å². The van der Waals surface area contributed by atoms with E-state index in [2.05, 4.69) is 17.1 Å². The molecular weight excluding hydrogens is 338 g/mol. The van der Waals surface area contributed by atoms with Crippen LogP contribution in [0.15, 0.2) is 48.5 Å². The largest absolute Gasteiger partial charge is 0.368 e. The molecule has 3 rings (SSSR count). The minimum atomic E-state index is 0.0156. The second kappa shape index (κ2) is 8.71. The van der Waals surface area contributed by atoms with E-state index in [1.807, 2.05) is 60.4 Å². The molecule has 1 N–H and O–H groups in total. The zero-order chi connectivity index (χ0) is 19.2. The van der Waals surface area contributed by atoms with Crippen molar-refractivity contribution in [2.45, 2.75) is 26.7 Å². The summed E-state index contributed by atoms with van der Waals surface area (Å²) in [6.07, 6.45) is 1.45. The zero-order valence-electron chi connectivity index (χ0n) is 16.1. The fourth-order valence-electron chi connectivity index (χ4n) is 3.24. The van der Waals surface area contributed by atoms with Gasteiger partial charge in [-0.15, -0.1) is 0 Å². The Labute approximate surface area is 161 Å². The van der Waals surface area contributed by atoms with Crippen LogP contribution in [0.2, 0.25) is 0 Å². The van der Waals surface area contributed by atoms with Crippen LogP contribution in [0.25, 0.3) is 0 Å². The summed E-state index contributed by atoms with van der Waals surface area (Å²) in [5, 5.41) is 2.86. The minimum Gasteiger partial charge on any atom is -0.368 e. The van der Waals surface area contributed by atoms with Gasteiger partial charge in [0.25, 0.3) is 5.91 Å². The molecule has 142 valence electrons. The first-order valence-electron chi connectivity index (χ1n) is 9.63. The normalized spacial score (nSPS) is 14.1. The third-order valence-corrected chi connectivity index (χ3v) is 5.01. The number of carbonyl (C=O) groups is 2. The van der Waals surface area contributed by atoms with Crippen molar-refractivity contribution in [2.75, 3.05) is 36.4 Å². The number of hydrogen-bond acceptors (Lipinski definition) is 3. The molecule has 2 aromatic rings. The van der Waals surface area contributed by atoms with E-state index in [0.29, 0.717) is 19.5 Å². The second-order valence-corrected chi connectivity index (χ2v) is 6.78. The number of carbonyl (C=O) groups excluding carboxylic acids is 2. The molecule has 0 aromatic heterocycles. The lowest BCUT2D eigenvalue weighted by Gasteiger charge is -2.36. The second-order valence-electron chi connectivity index (χ2n) is 6.78. The SMILES string of the molecule is CCC(=O)Nc1ccc(N2CCN(C(=O)c3ccc(CC)cc3)CC2)cc1. The first-order chi connectivity index (χ1) is 13.1. The molecule has 5 heteroatoms. The highest BCUT2D eigenvalue weighted by molar-refractivity contribution is 5.94. The molecule has 0 bridgehead atoms. The predicted octanol–water partition coefficient (Wildman–Crippen LogP) is 3.56. The number of piperazine rings is 1. The summed E-state index contributed by atoms with van der Waals surface area (Å²) in [7, 11) is 0. The molecule has 1 fully saturated rings. The molecule has 0 unspecified atom stereocenters. The number of nitrogens with one attached hydrogen (secondary N) is 1. The maximum Gasteiger partial charge on any atom is 0.253 e. The van der Waals surface area contributed by atoms with Crippen molar-refractivity contribution >= 4 is 23.2 Å². The summed E-state index contributed by atoms with van der Waals surface area (Å²) in [4.78, 5) is 28.3. The van der Waals surface area contributed by atoms with Crippen LogP contribution in [0.3, 0.4) is 0 Å². The highest BCUT2D eigenvalue weighted by atomic mass is 16.2. The monoisotopic (exact) mass is 365 g/mol. The van der Waals surface area contributed by atoms with E-state index in [1.54, 1.807) is 0 Å². The highest BCUT2D eigenvalue weighted by Crippen LogP contribution is 2.20. The molecule has 2 aromatic carbocycles. The van der Waals surface area contributed by atoms with Crippen molar-refractivity contribution in [1.29, 1.82) is 0 Å². The Hall–Kier alpha value is -2.82. The number of amides is 2. The van der Waals surface area contributed by atoms with E-state index >= 15 is 0 Å². The topological polar surface area (TPSA) is 52.7 Å². The Kier molecular flexibility index (Phi) is 6.12. The van der Waals surface area contributed by atoms with Gasteiger partial charge in [0.1, 0.15) is 0 Å². The van der Waals surface area contributed by atoms with Crippen molar-refractivity contribution < 1.29 is 9.59 Å². The zero-order valence-corrected chi connectivity index (χ0v) is 16.1. The van der Waals surface area contributed by atoms with Gasteiger partial charge in [-0.2, -0.15) is 0 Å². The van der Waals surface area contributed by atoms with Crippen molar-refractivity contribution in [3.8, 4) is 0 Å². The van der Waals surface area contributed by atoms with Gasteiger partial charge in [0.05, 0.1) is 0 Å². The van der Waals surface area contributed by atoms with Crippen molar-refractivity contribution in [2.24, 2.45) is 0 Å². The number of rotatable bonds is 5. The van der Waals surface area contributed by atoms with Gasteiger partial charge in [-0.1, -0.05) is 26.0 Å². The third kappa shape index (κ3) is 4.67. The summed E-state index contributed by atoms with van der Waals surface area (Å²) in [6.45, 7) is 6.98. The summed E-state index contributed by atoms with van der Waals surface area (Å²) in [5.41, 5.74) is 3.94. The van der Waals surface area contributed by atoms with E-state index in [9.17, 15) is 9.59 Å². The van der Waals surface area contributed by atoms with Crippen molar-refractivity contribution in [3.63, 3.8) is 0 Å². The number of hydrogen-bond donors (Lipinski definition) is 1. The van der Waals surface area contributed by atoms with E-state index in [4.69, 9.17) is 0 Å². The molecule has 0 atom stereocenters. The fraction of sp³-hybridized carbons (Fsp3) is 0.364. The molecule has 2 amide bonds. The number of benzene rings is 2. The molecule has 1 aliphatic rings. The molecule has 1 heterocycles. The van der Waals surface area contributed by atoms with E-state index < -0.39 is 0 Å². The predicted molar refractivity (Wildman–Crippen MR) is 109 cm³/mol. The lowest BCUT2D eigenvalue weighted by Crippen LogP contribution is -2.48. The Balaban J connectivity index is 1.56. The van der Waals surface area contributed by atoms with Crippen LogP contribution >= 0.6 is 0 Å². The van der Waals surface area contributed by atoms with Crippen LogP contribution in [0.4, 0.5) is 11.4 Å². The first-order valence-corrected chi connectivity index (χ1v) is 9.63. The molecule has 1 saturated heterocycles. The molecule has 27 heavy (non-hydrogen) atoms. The lowest BCUT2D eigenvalue weighted by molar-refractivity contribution is -0.115. The quantitative estimate of drug-likeness (QED) is 0.881. The maximum atomic E-state index is 12.7. The van der Waals surface area contributed by atoms with Gasteiger partial charge in [0.15, 0.2) is 0 Å². The number of anilines is 2. The van der Waals surface area contributed by atoms with Gasteiger partial charge in [-0.3, -0.25) is 9.59 Å². The van der Waals surface area contributed by atoms with Crippen LogP contribution in [-0.4, -0.2) is 42.9 Å². The van der Waals surface area contributed by atoms with E-state index in [-0.39, 0.29) is 11.8 Å². The fourth-order valence-corrected chi connectivity index (χ4v) is 3.24. The molecular formula is C22H27N3O2. The maximum absolute atomic E-state index is 12.7. The number of aryl methyl sites for hydroxylation is 1. The summed E-state index contributed by atoms with van der Waals surface area (Å²) >= 11 is 0. The Morgan fingerprint density at radius 3 is 2.07 bits per heavy atom. The highest BCUT2D eigenvalue weighted by Gasteiger charge is 2.22. The number of nitrogens with zero attached hydrogens (tertiary/aromatic N) is 2. The van der Waals surface area contributed by atoms with Crippen LogP contribution < -0.4 is 10.2 Å². The smallest absolute Gasteiger partial charge is 0.253 e. The average molecular weight is 365 g/mol. The van der Waals surface area contributed by atoms with Gasteiger partial charge in [0, 0.05) is 49.5 Å². The van der Waals surface area contributed by atoms with E-state index in [0.717, 1.165) is 36.4 Å². The van der Waals surface area contributed by atoms with Crippen LogP contribution in [0.5, 0.6) is 0 Å². The molecule has 0 aliphatic carbocycles. The molecule has 1 aliphatic heterocycles. The summed E-state index contributed by atoms with van der Waals surface area (Å²) in [5.74, 6) is 0.122. The Morgan fingerprint density at radius 2 is 1.52 bits per heavy atom. The van der Waals surface area contributed by atoms with Gasteiger partial charge < -0.3 is 15.1 Å².